The van der Waals surface area contributed by atoms with Gasteiger partial charge < -0.3 is 5.32 Å². The van der Waals surface area contributed by atoms with Gasteiger partial charge in [-0.15, -0.1) is 0 Å². The second kappa shape index (κ2) is 6.63. The van der Waals surface area contributed by atoms with E-state index < -0.39 is 45.1 Å². The lowest BCUT2D eigenvalue weighted by Gasteiger charge is -2.14. The summed E-state index contributed by atoms with van der Waals surface area (Å²) < 4.78 is 96.5. The van der Waals surface area contributed by atoms with Crippen molar-refractivity contribution in [2.24, 2.45) is 0 Å². The highest BCUT2D eigenvalue weighted by Gasteiger charge is 2.53. The Labute approximate surface area is 131 Å². The molecule has 0 aromatic heterocycles. The molecule has 0 bridgehead atoms. The summed E-state index contributed by atoms with van der Waals surface area (Å²) in [5, 5.41) is -4.57. The number of carbonyl (C=O) groups excluding carboxylic acids is 2. The van der Waals surface area contributed by atoms with Crippen LogP contribution in [0, 0.1) is 0 Å². The van der Waals surface area contributed by atoms with E-state index in [1.807, 2.05) is 0 Å². The summed E-state index contributed by atoms with van der Waals surface area (Å²) >= 11 is 0. The number of benzene rings is 1. The van der Waals surface area contributed by atoms with Gasteiger partial charge in [0.2, 0.25) is 5.78 Å². The molecule has 0 saturated carbocycles. The van der Waals surface area contributed by atoms with Crippen molar-refractivity contribution in [1.82, 2.24) is 5.32 Å². The van der Waals surface area contributed by atoms with E-state index in [-0.39, 0.29) is 5.56 Å². The Bertz CT molecular complexity index is 770. The lowest BCUT2D eigenvalue weighted by atomic mass is 10.2. The van der Waals surface area contributed by atoms with Gasteiger partial charge in [-0.1, -0.05) is 22.1 Å². The van der Waals surface area contributed by atoms with Gasteiger partial charge in [0, 0.05) is 11.6 Å². The van der Waals surface area contributed by atoms with Crippen molar-refractivity contribution in [1.29, 1.82) is 0 Å². The number of carbonyl (C=O) groups is 2. The van der Waals surface area contributed by atoms with Crippen LogP contribution in [0.2, 0.25) is 0 Å². The molecule has 0 aliphatic rings. The molecular weight excluding hydrogens is 368 g/mol. The van der Waals surface area contributed by atoms with Gasteiger partial charge in [0.05, 0.1) is 0 Å². The number of ketones is 1. The van der Waals surface area contributed by atoms with E-state index in [0.717, 1.165) is 17.4 Å². The highest BCUT2D eigenvalue weighted by molar-refractivity contribution is 7.88. The summed E-state index contributed by atoms with van der Waals surface area (Å²) in [4.78, 5) is 22.6. The molecule has 0 spiro atoms. The third kappa shape index (κ3) is 4.57. The van der Waals surface area contributed by atoms with E-state index in [1.54, 1.807) is 0 Å². The fraction of sp³-hybridized carbons (Fsp3) is 0.167. The lowest BCUT2D eigenvalue weighted by molar-refractivity contribution is -0.129. The summed E-state index contributed by atoms with van der Waals surface area (Å²) in [5.41, 5.74) is -2.57. The van der Waals surface area contributed by atoms with E-state index >= 15 is 0 Å². The topological polar surface area (TPSA) is 80.3 Å². The molecule has 1 aromatic rings. The predicted octanol–water partition coefficient (Wildman–Crippen LogP) is 2.32. The molecule has 24 heavy (non-hydrogen) atoms. The molecule has 1 rings (SSSR count). The molecule has 0 heterocycles. The molecule has 0 radical (unpaired) electrons. The SMILES string of the molecule is O=C(N/C(=C\C(=O)C(F)(F)S(=O)(=O)F)C(F)(F)F)c1ccccc1. The van der Waals surface area contributed by atoms with Gasteiger partial charge in [-0.05, 0) is 12.1 Å². The maximum atomic E-state index is 12.9. The Kier molecular flexibility index (Phi) is 5.43. The summed E-state index contributed by atoms with van der Waals surface area (Å²) in [5.74, 6) is -4.40. The zero-order valence-electron chi connectivity index (χ0n) is 11.3. The molecule has 0 aliphatic carbocycles. The molecule has 0 atom stereocenters. The van der Waals surface area contributed by atoms with Gasteiger partial charge in [0.25, 0.3) is 5.91 Å². The van der Waals surface area contributed by atoms with Gasteiger partial charge in [0.1, 0.15) is 5.70 Å². The van der Waals surface area contributed by atoms with Crippen molar-refractivity contribution in [3.8, 4) is 0 Å². The first-order valence-corrected chi connectivity index (χ1v) is 7.17. The Morgan fingerprint density at radius 2 is 1.50 bits per heavy atom. The van der Waals surface area contributed by atoms with Crippen LogP contribution in [0.25, 0.3) is 0 Å². The van der Waals surface area contributed by atoms with Crippen molar-refractivity contribution in [2.45, 2.75) is 11.4 Å². The minimum atomic E-state index is -6.78. The zero-order chi connectivity index (χ0) is 18.8. The minimum Gasteiger partial charge on any atom is -0.318 e. The van der Waals surface area contributed by atoms with Gasteiger partial charge in [-0.3, -0.25) is 9.59 Å². The molecule has 1 amide bonds. The second-order valence-corrected chi connectivity index (χ2v) is 5.58. The van der Waals surface area contributed by atoms with Crippen LogP contribution < -0.4 is 5.32 Å². The highest BCUT2D eigenvalue weighted by atomic mass is 32.3. The minimum absolute atomic E-state index is 0.301. The van der Waals surface area contributed by atoms with Gasteiger partial charge in [-0.25, -0.2) is 0 Å². The Balaban J connectivity index is 3.20. The normalized spacial score (nSPS) is 13.5. The summed E-state index contributed by atoms with van der Waals surface area (Å²) in [6, 6.07) is 6.20. The van der Waals surface area contributed by atoms with Crippen LogP contribution in [-0.2, 0) is 15.0 Å². The van der Waals surface area contributed by atoms with Crippen LogP contribution in [0.3, 0.4) is 0 Å². The monoisotopic (exact) mass is 375 g/mol. The number of halogens is 6. The Morgan fingerprint density at radius 1 is 1.00 bits per heavy atom. The highest BCUT2D eigenvalue weighted by Crippen LogP contribution is 2.29. The molecule has 12 heteroatoms. The van der Waals surface area contributed by atoms with E-state index in [0.29, 0.717) is 0 Å². The quantitative estimate of drug-likeness (QED) is 0.487. The fourth-order valence-electron chi connectivity index (χ4n) is 1.31. The maximum Gasteiger partial charge on any atom is 0.435 e. The smallest absolute Gasteiger partial charge is 0.318 e. The molecule has 5 nitrogen and oxygen atoms in total. The van der Waals surface area contributed by atoms with Crippen LogP contribution >= 0.6 is 0 Å². The zero-order valence-corrected chi connectivity index (χ0v) is 12.1. The molecule has 1 N–H and O–H groups in total. The van der Waals surface area contributed by atoms with E-state index in [4.69, 9.17) is 0 Å². The van der Waals surface area contributed by atoms with Crippen LogP contribution in [0.15, 0.2) is 42.1 Å². The van der Waals surface area contributed by atoms with Crippen molar-refractivity contribution in [2.75, 3.05) is 0 Å². The molecule has 0 unspecified atom stereocenters. The van der Waals surface area contributed by atoms with Gasteiger partial charge >= 0.3 is 21.7 Å². The molecule has 0 saturated heterocycles. The first-order valence-electron chi connectivity index (χ1n) is 5.78. The predicted molar refractivity (Wildman–Crippen MR) is 68.0 cm³/mol. The third-order valence-corrected chi connectivity index (χ3v) is 3.27. The number of hydrogen-bond donors (Lipinski definition) is 1. The van der Waals surface area contributed by atoms with Crippen molar-refractivity contribution in [3.05, 3.63) is 47.7 Å². The number of rotatable bonds is 5. The van der Waals surface area contributed by atoms with Crippen molar-refractivity contribution < 1.29 is 43.8 Å². The number of allylic oxidation sites excluding steroid dienone is 2. The fourth-order valence-corrected chi connectivity index (χ4v) is 1.61. The maximum absolute atomic E-state index is 12.9. The standard InChI is InChI=1S/C12H7F6NO4S/c13-11(14,15)8(6-9(20)12(16,17)24(18,22)23)19-10(21)7-4-2-1-3-5-7/h1-6H,(H,19,21)/b8-6-. The van der Waals surface area contributed by atoms with E-state index in [2.05, 4.69) is 0 Å². The van der Waals surface area contributed by atoms with Gasteiger partial charge in [0.15, 0.2) is 0 Å². The third-order valence-electron chi connectivity index (χ3n) is 2.46. The summed E-state index contributed by atoms with van der Waals surface area (Å²) in [6.07, 6.45) is -6.38. The second-order valence-electron chi connectivity index (χ2n) is 4.19. The number of nitrogens with one attached hydrogen (secondary N) is 1. The largest absolute Gasteiger partial charge is 0.435 e. The summed E-state index contributed by atoms with van der Waals surface area (Å²) in [6.45, 7) is 0. The lowest BCUT2D eigenvalue weighted by Crippen LogP contribution is -2.37. The van der Waals surface area contributed by atoms with Crippen LogP contribution in [-0.4, -0.2) is 31.5 Å². The van der Waals surface area contributed by atoms with Crippen molar-refractivity contribution in [3.63, 3.8) is 0 Å². The number of amides is 1. The van der Waals surface area contributed by atoms with Gasteiger partial charge in [-0.2, -0.15) is 30.4 Å². The van der Waals surface area contributed by atoms with E-state index in [1.165, 1.54) is 18.2 Å². The average Bonchev–Trinajstić information content (AvgIpc) is 2.45. The average molecular weight is 375 g/mol. The Morgan fingerprint density at radius 3 is 1.92 bits per heavy atom. The first-order chi connectivity index (χ1) is 10.8. The molecule has 0 fully saturated rings. The Hall–Kier alpha value is -2.37. The van der Waals surface area contributed by atoms with Crippen LogP contribution in [0.5, 0.6) is 0 Å². The molecule has 132 valence electrons. The molecule has 0 aliphatic heterocycles. The summed E-state index contributed by atoms with van der Waals surface area (Å²) in [7, 11) is -6.78. The first kappa shape index (κ1) is 19.7. The number of hydrogen-bond acceptors (Lipinski definition) is 4. The van der Waals surface area contributed by atoms with Crippen LogP contribution in [0.1, 0.15) is 10.4 Å². The number of alkyl halides is 5. The van der Waals surface area contributed by atoms with Crippen LogP contribution in [0.4, 0.5) is 25.8 Å². The molecule has 1 aromatic carbocycles. The van der Waals surface area contributed by atoms with Crippen molar-refractivity contribution >= 4 is 21.9 Å². The molecular formula is C12H7F6NO4S. The van der Waals surface area contributed by atoms with E-state index in [9.17, 15) is 43.8 Å².